The van der Waals surface area contributed by atoms with Crippen LogP contribution in [-0.2, 0) is 0 Å². The van der Waals surface area contributed by atoms with Gasteiger partial charge in [0.25, 0.3) is 5.91 Å². The van der Waals surface area contributed by atoms with Crippen LogP contribution in [-0.4, -0.2) is 54.3 Å². The summed E-state index contributed by atoms with van der Waals surface area (Å²) in [4.78, 5) is 17.1. The second-order valence-electron chi connectivity index (χ2n) is 7.45. The topological polar surface area (TPSA) is 61.5 Å². The highest BCUT2D eigenvalue weighted by atomic mass is 16.5. The van der Waals surface area contributed by atoms with Gasteiger partial charge in [0.2, 0.25) is 0 Å². The van der Waals surface area contributed by atoms with Crippen molar-refractivity contribution in [2.24, 2.45) is 0 Å². The molecule has 1 amide bonds. The zero-order valence-electron chi connectivity index (χ0n) is 17.1. The molecule has 0 aliphatic carbocycles. The standard InChI is InChI=1S/C23H26N4O2/c1-16-7-8-18(13-17(16)2)21-15-22(25-24-21)23(28)27-11-9-26(10-12-27)19-5-4-6-20(14-19)29-3/h4-8,13-15H,9-12H2,1-3H3,(H,24,25). The van der Waals surface area contributed by atoms with Gasteiger partial charge in [-0.3, -0.25) is 9.89 Å². The molecular weight excluding hydrogens is 364 g/mol. The van der Waals surface area contributed by atoms with Crippen LogP contribution in [0, 0.1) is 13.8 Å². The first-order valence-electron chi connectivity index (χ1n) is 9.86. The zero-order valence-corrected chi connectivity index (χ0v) is 17.1. The number of H-pyrrole nitrogens is 1. The number of nitrogens with zero attached hydrogens (tertiary/aromatic N) is 3. The molecule has 1 N–H and O–H groups in total. The van der Waals surface area contributed by atoms with Gasteiger partial charge in [-0.05, 0) is 49.2 Å². The molecule has 1 aliphatic rings. The SMILES string of the molecule is COc1cccc(N2CCN(C(=O)c3cc(-c4ccc(C)c(C)c4)n[nH]3)CC2)c1. The van der Waals surface area contributed by atoms with Crippen molar-refractivity contribution in [3.8, 4) is 17.0 Å². The van der Waals surface area contributed by atoms with Crippen LogP contribution in [0.3, 0.4) is 0 Å². The minimum absolute atomic E-state index is 0.00197. The summed E-state index contributed by atoms with van der Waals surface area (Å²) in [5.74, 6) is 0.843. The molecule has 0 saturated carbocycles. The highest BCUT2D eigenvalue weighted by Crippen LogP contribution is 2.24. The molecule has 29 heavy (non-hydrogen) atoms. The van der Waals surface area contributed by atoms with Crippen molar-refractivity contribution < 1.29 is 9.53 Å². The van der Waals surface area contributed by atoms with Gasteiger partial charge < -0.3 is 14.5 Å². The van der Waals surface area contributed by atoms with Crippen LogP contribution in [0.2, 0.25) is 0 Å². The molecule has 3 aromatic rings. The van der Waals surface area contributed by atoms with Crippen LogP contribution in [0.4, 0.5) is 5.69 Å². The monoisotopic (exact) mass is 390 g/mol. The summed E-state index contributed by atoms with van der Waals surface area (Å²) in [5, 5.41) is 7.28. The Balaban J connectivity index is 1.42. The summed E-state index contributed by atoms with van der Waals surface area (Å²) >= 11 is 0. The van der Waals surface area contributed by atoms with E-state index in [2.05, 4.69) is 47.1 Å². The van der Waals surface area contributed by atoms with Gasteiger partial charge in [-0.1, -0.05) is 18.2 Å². The lowest BCUT2D eigenvalue weighted by molar-refractivity contribution is 0.0741. The van der Waals surface area contributed by atoms with Crippen molar-refractivity contribution in [2.75, 3.05) is 38.2 Å². The average Bonchev–Trinajstić information content (AvgIpc) is 3.25. The van der Waals surface area contributed by atoms with Gasteiger partial charge in [-0.15, -0.1) is 0 Å². The zero-order chi connectivity index (χ0) is 20.4. The normalized spacial score (nSPS) is 14.2. The number of nitrogens with one attached hydrogen (secondary N) is 1. The van der Waals surface area contributed by atoms with Crippen LogP contribution in [0.15, 0.2) is 48.5 Å². The van der Waals surface area contributed by atoms with E-state index >= 15 is 0 Å². The maximum atomic E-state index is 12.9. The van der Waals surface area contributed by atoms with Crippen LogP contribution in [0.1, 0.15) is 21.6 Å². The molecular formula is C23H26N4O2. The first kappa shape index (κ1) is 19.1. The molecule has 1 fully saturated rings. The number of amides is 1. The van der Waals surface area contributed by atoms with E-state index in [1.165, 1.54) is 11.1 Å². The Bertz CT molecular complexity index is 1020. The van der Waals surface area contributed by atoms with E-state index in [9.17, 15) is 4.79 Å². The fourth-order valence-electron chi connectivity index (χ4n) is 3.63. The number of carbonyl (C=O) groups is 1. The molecule has 6 nitrogen and oxygen atoms in total. The number of aryl methyl sites for hydroxylation is 2. The van der Waals surface area contributed by atoms with Crippen molar-refractivity contribution in [3.63, 3.8) is 0 Å². The molecule has 0 atom stereocenters. The number of methoxy groups -OCH3 is 1. The third-order valence-corrected chi connectivity index (χ3v) is 5.60. The predicted octanol–water partition coefficient (Wildman–Crippen LogP) is 3.66. The van der Waals surface area contributed by atoms with E-state index in [4.69, 9.17) is 4.74 Å². The molecule has 1 aliphatic heterocycles. The number of hydrogen-bond acceptors (Lipinski definition) is 4. The molecule has 2 heterocycles. The second-order valence-corrected chi connectivity index (χ2v) is 7.45. The first-order valence-corrected chi connectivity index (χ1v) is 9.86. The van der Waals surface area contributed by atoms with Crippen molar-refractivity contribution in [2.45, 2.75) is 13.8 Å². The Kier molecular flexibility index (Phi) is 5.25. The minimum Gasteiger partial charge on any atom is -0.497 e. The van der Waals surface area contributed by atoms with Crippen molar-refractivity contribution in [1.29, 1.82) is 0 Å². The lowest BCUT2D eigenvalue weighted by Gasteiger charge is -2.36. The van der Waals surface area contributed by atoms with Gasteiger partial charge in [0.15, 0.2) is 0 Å². The fraction of sp³-hybridized carbons (Fsp3) is 0.304. The van der Waals surface area contributed by atoms with E-state index < -0.39 is 0 Å². The fourth-order valence-corrected chi connectivity index (χ4v) is 3.63. The lowest BCUT2D eigenvalue weighted by Crippen LogP contribution is -2.48. The Morgan fingerprint density at radius 1 is 1.00 bits per heavy atom. The van der Waals surface area contributed by atoms with Gasteiger partial charge in [-0.25, -0.2) is 0 Å². The van der Waals surface area contributed by atoms with E-state index in [1.54, 1.807) is 7.11 Å². The highest BCUT2D eigenvalue weighted by Gasteiger charge is 2.24. The summed E-state index contributed by atoms with van der Waals surface area (Å²) in [7, 11) is 1.67. The van der Waals surface area contributed by atoms with Crippen LogP contribution in [0.25, 0.3) is 11.3 Å². The van der Waals surface area contributed by atoms with Gasteiger partial charge in [0.05, 0.1) is 12.8 Å². The van der Waals surface area contributed by atoms with E-state index in [0.717, 1.165) is 35.8 Å². The number of rotatable bonds is 4. The summed E-state index contributed by atoms with van der Waals surface area (Å²) in [6.45, 7) is 7.10. The van der Waals surface area contributed by atoms with Crippen LogP contribution in [0.5, 0.6) is 5.75 Å². The third kappa shape index (κ3) is 3.97. The maximum absolute atomic E-state index is 12.9. The molecule has 0 bridgehead atoms. The Labute approximate surface area is 171 Å². The van der Waals surface area contributed by atoms with Gasteiger partial charge in [0.1, 0.15) is 11.4 Å². The Morgan fingerprint density at radius 3 is 2.52 bits per heavy atom. The van der Waals surface area contributed by atoms with E-state index in [0.29, 0.717) is 18.8 Å². The molecule has 0 unspecified atom stereocenters. The summed E-state index contributed by atoms with van der Waals surface area (Å²) in [6, 6.07) is 16.1. The number of benzene rings is 2. The smallest absolute Gasteiger partial charge is 0.272 e. The quantitative estimate of drug-likeness (QED) is 0.738. The number of piperazine rings is 1. The van der Waals surface area contributed by atoms with Crippen LogP contribution < -0.4 is 9.64 Å². The molecule has 1 saturated heterocycles. The Morgan fingerprint density at radius 2 is 1.79 bits per heavy atom. The predicted molar refractivity (Wildman–Crippen MR) is 115 cm³/mol. The largest absolute Gasteiger partial charge is 0.497 e. The Hall–Kier alpha value is -3.28. The second kappa shape index (κ2) is 7.99. The number of carbonyl (C=O) groups excluding carboxylic acids is 1. The molecule has 0 spiro atoms. The van der Waals surface area contributed by atoms with Gasteiger partial charge >= 0.3 is 0 Å². The van der Waals surface area contributed by atoms with Gasteiger partial charge in [-0.2, -0.15) is 5.10 Å². The van der Waals surface area contributed by atoms with Gasteiger partial charge in [0, 0.05) is 43.5 Å². The maximum Gasteiger partial charge on any atom is 0.272 e. The van der Waals surface area contributed by atoms with Crippen molar-refractivity contribution in [3.05, 3.63) is 65.4 Å². The summed E-state index contributed by atoms with van der Waals surface area (Å²) in [5.41, 5.74) is 5.93. The number of ether oxygens (including phenoxy) is 1. The number of hydrogen-bond donors (Lipinski definition) is 1. The number of aromatic amines is 1. The van der Waals surface area contributed by atoms with E-state index in [-0.39, 0.29) is 5.91 Å². The lowest BCUT2D eigenvalue weighted by atomic mass is 10.0. The molecule has 1 aromatic heterocycles. The molecule has 4 rings (SSSR count). The number of anilines is 1. The van der Waals surface area contributed by atoms with E-state index in [1.807, 2.05) is 35.2 Å². The summed E-state index contributed by atoms with van der Waals surface area (Å²) in [6.07, 6.45) is 0. The molecule has 6 heteroatoms. The van der Waals surface area contributed by atoms with Crippen molar-refractivity contribution >= 4 is 11.6 Å². The summed E-state index contributed by atoms with van der Waals surface area (Å²) < 4.78 is 5.31. The highest BCUT2D eigenvalue weighted by molar-refractivity contribution is 5.93. The van der Waals surface area contributed by atoms with Crippen molar-refractivity contribution in [1.82, 2.24) is 15.1 Å². The molecule has 150 valence electrons. The molecule has 0 radical (unpaired) electrons. The average molecular weight is 390 g/mol. The number of aromatic nitrogens is 2. The minimum atomic E-state index is -0.00197. The first-order chi connectivity index (χ1) is 14.0. The third-order valence-electron chi connectivity index (χ3n) is 5.60. The van der Waals surface area contributed by atoms with Crippen LogP contribution >= 0.6 is 0 Å². The molecule has 2 aromatic carbocycles.